The van der Waals surface area contributed by atoms with E-state index in [2.05, 4.69) is 20.4 Å². The number of rotatable bonds is 7. The van der Waals surface area contributed by atoms with E-state index in [1.165, 1.54) is 6.33 Å². The van der Waals surface area contributed by atoms with Crippen LogP contribution in [0, 0.1) is 0 Å². The second kappa shape index (κ2) is 8.36. The van der Waals surface area contributed by atoms with Crippen LogP contribution in [0.3, 0.4) is 0 Å². The van der Waals surface area contributed by atoms with Gasteiger partial charge < -0.3 is 14.8 Å². The largest absolute Gasteiger partial charge is 0.493 e. The van der Waals surface area contributed by atoms with Gasteiger partial charge in [-0.3, -0.25) is 0 Å². The lowest BCUT2D eigenvalue weighted by molar-refractivity contribution is 0.354. The number of nitrogens with zero attached hydrogens (tertiary/aromatic N) is 4. The van der Waals surface area contributed by atoms with E-state index in [4.69, 9.17) is 21.1 Å². The van der Waals surface area contributed by atoms with Gasteiger partial charge in [-0.05, 0) is 48.4 Å². The third kappa shape index (κ3) is 3.95. The molecule has 4 rings (SSSR count). The maximum Gasteiger partial charge on any atom is 0.168 e. The van der Waals surface area contributed by atoms with Crippen LogP contribution in [-0.4, -0.2) is 40.5 Å². The summed E-state index contributed by atoms with van der Waals surface area (Å²) in [4.78, 5) is 8.77. The lowest BCUT2D eigenvalue weighted by Gasteiger charge is -2.10. The first-order chi connectivity index (χ1) is 14.2. The molecule has 0 amide bonds. The summed E-state index contributed by atoms with van der Waals surface area (Å²) in [6, 6.07) is 13.4. The van der Waals surface area contributed by atoms with Gasteiger partial charge in [-0.15, -0.1) is 0 Å². The zero-order valence-electron chi connectivity index (χ0n) is 16.1. The Morgan fingerprint density at radius 2 is 1.79 bits per heavy atom. The Morgan fingerprint density at radius 1 is 1.00 bits per heavy atom. The van der Waals surface area contributed by atoms with Crippen LogP contribution in [0.2, 0.25) is 5.02 Å². The van der Waals surface area contributed by atoms with E-state index in [0.29, 0.717) is 11.6 Å². The number of benzene rings is 2. The molecule has 0 aliphatic carbocycles. The standard InChI is InChI=1S/C21H20ClN5O2/c1-28-18-8-3-14(11-19(18)29-2)9-10-23-20-17-12-26-27(21(17)25-13-24-20)16-6-4-15(22)5-7-16/h3-8,11-13H,9-10H2,1-2H3,(H,23,24,25). The van der Waals surface area contributed by atoms with E-state index in [1.807, 2.05) is 42.5 Å². The number of ether oxygens (including phenoxy) is 2. The van der Waals surface area contributed by atoms with Crippen LogP contribution in [0.1, 0.15) is 5.56 Å². The van der Waals surface area contributed by atoms with Crippen molar-refractivity contribution in [2.45, 2.75) is 6.42 Å². The van der Waals surface area contributed by atoms with Crippen molar-refractivity contribution in [3.63, 3.8) is 0 Å². The summed E-state index contributed by atoms with van der Waals surface area (Å²) in [7, 11) is 3.26. The topological polar surface area (TPSA) is 74.1 Å². The summed E-state index contributed by atoms with van der Waals surface area (Å²) in [5.74, 6) is 2.19. The normalized spacial score (nSPS) is 10.9. The van der Waals surface area contributed by atoms with E-state index < -0.39 is 0 Å². The van der Waals surface area contributed by atoms with Crippen LogP contribution in [0.25, 0.3) is 16.7 Å². The second-order valence-electron chi connectivity index (χ2n) is 6.36. The maximum atomic E-state index is 5.98. The molecule has 1 N–H and O–H groups in total. The number of methoxy groups -OCH3 is 2. The maximum absolute atomic E-state index is 5.98. The summed E-state index contributed by atoms with van der Waals surface area (Å²) < 4.78 is 12.4. The minimum absolute atomic E-state index is 0.678. The summed E-state index contributed by atoms with van der Waals surface area (Å²) >= 11 is 5.98. The van der Waals surface area contributed by atoms with Crippen molar-refractivity contribution in [1.82, 2.24) is 19.7 Å². The molecule has 0 aliphatic heterocycles. The van der Waals surface area contributed by atoms with Crippen molar-refractivity contribution in [1.29, 1.82) is 0 Å². The first-order valence-electron chi connectivity index (χ1n) is 9.09. The van der Waals surface area contributed by atoms with Crippen LogP contribution < -0.4 is 14.8 Å². The van der Waals surface area contributed by atoms with Gasteiger partial charge in [-0.2, -0.15) is 5.10 Å². The first-order valence-corrected chi connectivity index (χ1v) is 9.47. The molecule has 0 bridgehead atoms. The molecule has 0 fully saturated rings. The number of hydrogen-bond donors (Lipinski definition) is 1. The second-order valence-corrected chi connectivity index (χ2v) is 6.79. The minimum atomic E-state index is 0.678. The molecule has 7 nitrogen and oxygen atoms in total. The lowest BCUT2D eigenvalue weighted by atomic mass is 10.1. The SMILES string of the molecule is COc1ccc(CCNc2ncnc3c2cnn3-c2ccc(Cl)cc2)cc1OC. The molecule has 29 heavy (non-hydrogen) atoms. The Bertz CT molecular complexity index is 1130. The van der Waals surface area contributed by atoms with E-state index in [0.717, 1.165) is 46.0 Å². The summed E-state index contributed by atoms with van der Waals surface area (Å²) in [5, 5.41) is 9.38. The molecule has 0 radical (unpaired) electrons. The zero-order chi connectivity index (χ0) is 20.2. The number of halogens is 1. The highest BCUT2D eigenvalue weighted by molar-refractivity contribution is 6.30. The van der Waals surface area contributed by atoms with Gasteiger partial charge >= 0.3 is 0 Å². The monoisotopic (exact) mass is 409 g/mol. The predicted octanol–water partition coefficient (Wildman–Crippen LogP) is 4.14. The fraction of sp³-hybridized carbons (Fsp3) is 0.190. The Kier molecular flexibility index (Phi) is 5.48. The summed E-state index contributed by atoms with van der Waals surface area (Å²) in [5.41, 5.74) is 2.76. The Balaban J connectivity index is 1.51. The van der Waals surface area contributed by atoms with Crippen molar-refractivity contribution < 1.29 is 9.47 Å². The number of nitrogens with one attached hydrogen (secondary N) is 1. The Labute approximate surface area is 173 Å². The van der Waals surface area contributed by atoms with Gasteiger partial charge in [0.15, 0.2) is 17.1 Å². The van der Waals surface area contributed by atoms with Gasteiger partial charge in [-0.25, -0.2) is 14.6 Å². The quantitative estimate of drug-likeness (QED) is 0.494. The zero-order valence-corrected chi connectivity index (χ0v) is 16.8. The van der Waals surface area contributed by atoms with Crippen molar-refractivity contribution in [2.75, 3.05) is 26.1 Å². The number of anilines is 1. The lowest BCUT2D eigenvalue weighted by Crippen LogP contribution is -2.07. The van der Waals surface area contributed by atoms with Gasteiger partial charge in [0.05, 0.1) is 31.5 Å². The van der Waals surface area contributed by atoms with E-state index >= 15 is 0 Å². The van der Waals surface area contributed by atoms with Crippen LogP contribution in [0.5, 0.6) is 11.5 Å². The van der Waals surface area contributed by atoms with Gasteiger partial charge in [-0.1, -0.05) is 17.7 Å². The molecule has 0 saturated carbocycles. The van der Waals surface area contributed by atoms with E-state index in [9.17, 15) is 0 Å². The molecule has 2 aromatic carbocycles. The predicted molar refractivity (Wildman–Crippen MR) is 113 cm³/mol. The molecule has 8 heteroatoms. The molecule has 0 aliphatic rings. The fourth-order valence-corrected chi connectivity index (χ4v) is 3.24. The third-order valence-corrected chi connectivity index (χ3v) is 4.84. The fourth-order valence-electron chi connectivity index (χ4n) is 3.12. The van der Waals surface area contributed by atoms with Crippen molar-refractivity contribution >= 4 is 28.5 Å². The number of aromatic nitrogens is 4. The van der Waals surface area contributed by atoms with Crippen molar-refractivity contribution in [3.05, 3.63) is 65.6 Å². The molecule has 2 heterocycles. The molecule has 0 atom stereocenters. The van der Waals surface area contributed by atoms with Crippen molar-refractivity contribution in [3.8, 4) is 17.2 Å². The number of hydrogen-bond acceptors (Lipinski definition) is 6. The molecule has 0 spiro atoms. The van der Waals surface area contributed by atoms with Crippen LogP contribution in [0.4, 0.5) is 5.82 Å². The third-order valence-electron chi connectivity index (χ3n) is 4.59. The summed E-state index contributed by atoms with van der Waals surface area (Å²) in [6.45, 7) is 0.702. The highest BCUT2D eigenvalue weighted by Crippen LogP contribution is 2.28. The highest BCUT2D eigenvalue weighted by Gasteiger charge is 2.11. The smallest absolute Gasteiger partial charge is 0.168 e. The number of fused-ring (bicyclic) bond motifs is 1. The summed E-state index contributed by atoms with van der Waals surface area (Å²) in [6.07, 6.45) is 4.11. The molecule has 2 aromatic heterocycles. The van der Waals surface area contributed by atoms with E-state index in [-0.39, 0.29) is 0 Å². The molecule has 148 valence electrons. The van der Waals surface area contributed by atoms with Crippen LogP contribution in [0.15, 0.2) is 55.0 Å². The molecular weight excluding hydrogens is 390 g/mol. The Hall–Kier alpha value is -3.32. The van der Waals surface area contributed by atoms with Gasteiger partial charge in [0.1, 0.15) is 12.1 Å². The van der Waals surface area contributed by atoms with Gasteiger partial charge in [0.2, 0.25) is 0 Å². The van der Waals surface area contributed by atoms with E-state index in [1.54, 1.807) is 25.1 Å². The molecule has 0 unspecified atom stereocenters. The Morgan fingerprint density at radius 3 is 2.55 bits per heavy atom. The average molecular weight is 410 g/mol. The van der Waals surface area contributed by atoms with Crippen LogP contribution in [-0.2, 0) is 6.42 Å². The molecular formula is C21H20ClN5O2. The van der Waals surface area contributed by atoms with Gasteiger partial charge in [0.25, 0.3) is 0 Å². The average Bonchev–Trinajstić information content (AvgIpc) is 3.19. The first kappa shape index (κ1) is 19.0. The minimum Gasteiger partial charge on any atom is -0.493 e. The molecule has 0 saturated heterocycles. The molecule has 4 aromatic rings. The van der Waals surface area contributed by atoms with Crippen LogP contribution >= 0.6 is 11.6 Å². The van der Waals surface area contributed by atoms with Crippen molar-refractivity contribution in [2.24, 2.45) is 0 Å². The van der Waals surface area contributed by atoms with Gasteiger partial charge in [0, 0.05) is 11.6 Å². The highest BCUT2D eigenvalue weighted by atomic mass is 35.5.